The van der Waals surface area contributed by atoms with E-state index >= 15 is 0 Å². The highest BCUT2D eigenvalue weighted by molar-refractivity contribution is 6.32. The molecule has 0 aromatic carbocycles. The standard InChI is InChI=1S/C13H21ClN4O/c1-3-6-15-12-16-9-10(14)11(17-12)18-13(2)4-7-19-8-5-13/h9H,3-8H2,1-2H3,(H2,15,16,17,18). The van der Waals surface area contributed by atoms with Crippen molar-refractivity contribution in [2.45, 2.75) is 38.6 Å². The van der Waals surface area contributed by atoms with E-state index < -0.39 is 0 Å². The lowest BCUT2D eigenvalue weighted by Gasteiger charge is -2.35. The molecule has 0 unspecified atom stereocenters. The number of nitrogens with one attached hydrogen (secondary N) is 2. The molecule has 0 bridgehead atoms. The lowest BCUT2D eigenvalue weighted by molar-refractivity contribution is 0.0657. The molecule has 19 heavy (non-hydrogen) atoms. The van der Waals surface area contributed by atoms with E-state index in [0.717, 1.165) is 39.0 Å². The van der Waals surface area contributed by atoms with Crippen molar-refractivity contribution < 1.29 is 4.74 Å². The van der Waals surface area contributed by atoms with Crippen molar-refractivity contribution >= 4 is 23.4 Å². The molecule has 0 radical (unpaired) electrons. The molecule has 1 aromatic rings. The Kier molecular flexibility index (Phi) is 4.82. The van der Waals surface area contributed by atoms with Crippen LogP contribution in [0, 0.1) is 0 Å². The lowest BCUT2D eigenvalue weighted by Crippen LogP contribution is -2.41. The predicted octanol–water partition coefficient (Wildman–Crippen LogP) is 2.93. The van der Waals surface area contributed by atoms with Gasteiger partial charge in [-0.3, -0.25) is 0 Å². The summed E-state index contributed by atoms with van der Waals surface area (Å²) in [6, 6.07) is 0. The average molecular weight is 285 g/mol. The van der Waals surface area contributed by atoms with Crippen LogP contribution in [0.3, 0.4) is 0 Å². The van der Waals surface area contributed by atoms with Gasteiger partial charge in [-0.15, -0.1) is 0 Å². The first-order valence-corrected chi connectivity index (χ1v) is 7.13. The average Bonchev–Trinajstić information content (AvgIpc) is 2.40. The third-order valence-corrected chi connectivity index (χ3v) is 3.57. The molecule has 6 heteroatoms. The van der Waals surface area contributed by atoms with E-state index in [4.69, 9.17) is 16.3 Å². The first-order chi connectivity index (χ1) is 9.13. The maximum absolute atomic E-state index is 6.16. The van der Waals surface area contributed by atoms with Crippen LogP contribution in [-0.2, 0) is 4.74 Å². The van der Waals surface area contributed by atoms with Crippen LogP contribution in [0.4, 0.5) is 11.8 Å². The second-order valence-electron chi connectivity index (χ2n) is 5.11. The molecule has 1 aliphatic rings. The highest BCUT2D eigenvalue weighted by Gasteiger charge is 2.28. The van der Waals surface area contributed by atoms with E-state index in [2.05, 4.69) is 34.4 Å². The van der Waals surface area contributed by atoms with Crippen molar-refractivity contribution in [1.29, 1.82) is 0 Å². The summed E-state index contributed by atoms with van der Waals surface area (Å²) < 4.78 is 5.39. The van der Waals surface area contributed by atoms with Crippen molar-refractivity contribution in [3.8, 4) is 0 Å². The maximum Gasteiger partial charge on any atom is 0.224 e. The summed E-state index contributed by atoms with van der Waals surface area (Å²) in [5.74, 6) is 1.31. The van der Waals surface area contributed by atoms with Gasteiger partial charge in [0.1, 0.15) is 5.02 Å². The molecule has 0 aliphatic carbocycles. The van der Waals surface area contributed by atoms with E-state index in [1.165, 1.54) is 0 Å². The fourth-order valence-electron chi connectivity index (χ4n) is 2.01. The van der Waals surface area contributed by atoms with Crippen LogP contribution in [0.2, 0.25) is 5.02 Å². The SMILES string of the molecule is CCCNc1ncc(Cl)c(NC2(C)CCOCC2)n1. The topological polar surface area (TPSA) is 59.1 Å². The van der Waals surface area contributed by atoms with Crippen LogP contribution in [-0.4, -0.2) is 35.3 Å². The van der Waals surface area contributed by atoms with Gasteiger partial charge in [-0.1, -0.05) is 18.5 Å². The Morgan fingerprint density at radius 3 is 2.84 bits per heavy atom. The number of anilines is 2. The van der Waals surface area contributed by atoms with Crippen molar-refractivity contribution in [1.82, 2.24) is 9.97 Å². The minimum Gasteiger partial charge on any atom is -0.381 e. The van der Waals surface area contributed by atoms with E-state index in [1.807, 2.05) is 0 Å². The zero-order chi connectivity index (χ0) is 13.7. The van der Waals surface area contributed by atoms with E-state index in [-0.39, 0.29) is 5.54 Å². The third kappa shape index (κ3) is 3.94. The van der Waals surface area contributed by atoms with Gasteiger partial charge in [0.05, 0.1) is 6.20 Å². The van der Waals surface area contributed by atoms with Gasteiger partial charge >= 0.3 is 0 Å². The van der Waals surface area contributed by atoms with Crippen LogP contribution in [0.5, 0.6) is 0 Å². The summed E-state index contributed by atoms with van der Waals surface area (Å²) in [5.41, 5.74) is -0.0156. The van der Waals surface area contributed by atoms with Crippen molar-refractivity contribution in [3.63, 3.8) is 0 Å². The van der Waals surface area contributed by atoms with Gasteiger partial charge in [0.15, 0.2) is 5.82 Å². The van der Waals surface area contributed by atoms with Gasteiger partial charge < -0.3 is 15.4 Å². The quantitative estimate of drug-likeness (QED) is 0.871. The maximum atomic E-state index is 6.16. The number of nitrogens with zero attached hydrogens (tertiary/aromatic N) is 2. The first kappa shape index (κ1) is 14.3. The van der Waals surface area contributed by atoms with E-state index in [1.54, 1.807) is 6.20 Å². The van der Waals surface area contributed by atoms with Gasteiger partial charge in [0.25, 0.3) is 0 Å². The van der Waals surface area contributed by atoms with Gasteiger partial charge in [0, 0.05) is 25.3 Å². The lowest BCUT2D eigenvalue weighted by atomic mass is 9.92. The zero-order valence-electron chi connectivity index (χ0n) is 11.5. The summed E-state index contributed by atoms with van der Waals surface area (Å²) >= 11 is 6.16. The van der Waals surface area contributed by atoms with Crippen molar-refractivity contribution in [2.24, 2.45) is 0 Å². The summed E-state index contributed by atoms with van der Waals surface area (Å²) in [4.78, 5) is 8.62. The Balaban J connectivity index is 2.09. The second-order valence-corrected chi connectivity index (χ2v) is 5.52. The number of hydrogen-bond acceptors (Lipinski definition) is 5. The monoisotopic (exact) mass is 284 g/mol. The molecule has 2 N–H and O–H groups in total. The molecule has 106 valence electrons. The zero-order valence-corrected chi connectivity index (χ0v) is 12.3. The highest BCUT2D eigenvalue weighted by atomic mass is 35.5. The molecule has 1 saturated heterocycles. The molecule has 1 fully saturated rings. The predicted molar refractivity (Wildman–Crippen MR) is 77.9 cm³/mol. The van der Waals surface area contributed by atoms with Gasteiger partial charge in [-0.2, -0.15) is 4.98 Å². The molecule has 2 heterocycles. The number of hydrogen-bond donors (Lipinski definition) is 2. The first-order valence-electron chi connectivity index (χ1n) is 6.75. The molecule has 0 atom stereocenters. The smallest absolute Gasteiger partial charge is 0.224 e. The van der Waals surface area contributed by atoms with Crippen LogP contribution in [0.15, 0.2) is 6.20 Å². The molecule has 2 rings (SSSR count). The van der Waals surface area contributed by atoms with Crippen molar-refractivity contribution in [3.05, 3.63) is 11.2 Å². The van der Waals surface area contributed by atoms with Crippen LogP contribution >= 0.6 is 11.6 Å². The summed E-state index contributed by atoms with van der Waals surface area (Å²) in [7, 11) is 0. The molecule has 0 amide bonds. The Bertz CT molecular complexity index is 421. The molecule has 0 saturated carbocycles. The number of rotatable bonds is 5. The molecular weight excluding hydrogens is 264 g/mol. The van der Waals surface area contributed by atoms with Crippen molar-refractivity contribution in [2.75, 3.05) is 30.4 Å². The summed E-state index contributed by atoms with van der Waals surface area (Å²) in [5, 5.41) is 7.16. The molecular formula is C13H21ClN4O. The van der Waals surface area contributed by atoms with E-state index in [0.29, 0.717) is 16.8 Å². The van der Waals surface area contributed by atoms with Crippen LogP contribution in [0.25, 0.3) is 0 Å². The Morgan fingerprint density at radius 1 is 1.42 bits per heavy atom. The molecule has 0 spiro atoms. The van der Waals surface area contributed by atoms with Crippen LogP contribution in [0.1, 0.15) is 33.1 Å². The molecule has 5 nitrogen and oxygen atoms in total. The fourth-order valence-corrected chi connectivity index (χ4v) is 2.15. The third-order valence-electron chi connectivity index (χ3n) is 3.29. The minimum absolute atomic E-state index is 0.0156. The number of halogens is 1. The molecule has 1 aliphatic heterocycles. The Morgan fingerprint density at radius 2 is 2.16 bits per heavy atom. The number of aromatic nitrogens is 2. The Hall–Kier alpha value is -1.07. The minimum atomic E-state index is -0.0156. The Labute approximate surface area is 119 Å². The highest BCUT2D eigenvalue weighted by Crippen LogP contribution is 2.28. The summed E-state index contributed by atoms with van der Waals surface area (Å²) in [6.07, 6.45) is 4.57. The van der Waals surface area contributed by atoms with Crippen LogP contribution < -0.4 is 10.6 Å². The number of ether oxygens (including phenoxy) is 1. The van der Waals surface area contributed by atoms with Gasteiger partial charge in [0.2, 0.25) is 5.95 Å². The summed E-state index contributed by atoms with van der Waals surface area (Å²) in [6.45, 7) is 6.67. The largest absolute Gasteiger partial charge is 0.381 e. The normalized spacial score (nSPS) is 18.1. The second kappa shape index (κ2) is 6.39. The van der Waals surface area contributed by atoms with E-state index in [9.17, 15) is 0 Å². The fraction of sp³-hybridized carbons (Fsp3) is 0.692. The van der Waals surface area contributed by atoms with Gasteiger partial charge in [-0.05, 0) is 26.2 Å². The van der Waals surface area contributed by atoms with Gasteiger partial charge in [-0.25, -0.2) is 4.98 Å². The molecule has 1 aromatic heterocycles.